The zero-order valence-electron chi connectivity index (χ0n) is 12.0. The fourth-order valence-corrected chi connectivity index (χ4v) is 2.26. The van der Waals surface area contributed by atoms with Gasteiger partial charge in [0, 0.05) is 12.6 Å². The van der Waals surface area contributed by atoms with Gasteiger partial charge in [-0.15, -0.1) is 0 Å². The Kier molecular flexibility index (Phi) is 5.14. The first kappa shape index (κ1) is 17.1. The Balaban J connectivity index is 2.29. The van der Waals surface area contributed by atoms with Crippen LogP contribution in [0.15, 0.2) is 36.4 Å². The molecule has 0 aliphatic rings. The maximum Gasteiger partial charge on any atom is 0.417 e. The molecule has 0 aromatic heterocycles. The molecule has 0 atom stereocenters. The Labute approximate surface area is 136 Å². The van der Waals surface area contributed by atoms with E-state index in [2.05, 4.69) is 5.32 Å². The molecule has 0 unspecified atom stereocenters. The van der Waals surface area contributed by atoms with Crippen molar-refractivity contribution in [2.45, 2.75) is 12.7 Å². The minimum atomic E-state index is -4.53. The van der Waals surface area contributed by atoms with Crippen LogP contribution in [-0.4, -0.2) is 7.05 Å². The molecule has 120 valence electrons. The van der Waals surface area contributed by atoms with Crippen LogP contribution in [-0.2, 0) is 12.7 Å². The van der Waals surface area contributed by atoms with Crippen molar-refractivity contribution in [3.8, 4) is 17.6 Å². The van der Waals surface area contributed by atoms with Crippen molar-refractivity contribution >= 4 is 11.6 Å². The molecule has 3 nitrogen and oxygen atoms in total. The lowest BCUT2D eigenvalue weighted by atomic mass is 10.1. The van der Waals surface area contributed by atoms with E-state index in [1.807, 2.05) is 6.07 Å². The summed E-state index contributed by atoms with van der Waals surface area (Å²) in [6.45, 7) is 0.584. The third-order valence-electron chi connectivity index (χ3n) is 3.02. The minimum Gasteiger partial charge on any atom is -0.456 e. The van der Waals surface area contributed by atoms with Crippen molar-refractivity contribution in [3.05, 3.63) is 58.1 Å². The second-order valence-corrected chi connectivity index (χ2v) is 5.12. The number of halogens is 4. The molecule has 2 aromatic rings. The van der Waals surface area contributed by atoms with Crippen LogP contribution < -0.4 is 10.1 Å². The fourth-order valence-electron chi connectivity index (χ4n) is 1.98. The van der Waals surface area contributed by atoms with Crippen molar-refractivity contribution in [1.29, 1.82) is 5.26 Å². The van der Waals surface area contributed by atoms with E-state index in [9.17, 15) is 13.2 Å². The number of rotatable bonds is 4. The van der Waals surface area contributed by atoms with Gasteiger partial charge in [-0.3, -0.25) is 0 Å². The van der Waals surface area contributed by atoms with Gasteiger partial charge in [-0.05, 0) is 36.9 Å². The van der Waals surface area contributed by atoms with E-state index in [-0.39, 0.29) is 17.1 Å². The van der Waals surface area contributed by atoms with Gasteiger partial charge in [0.1, 0.15) is 17.6 Å². The van der Waals surface area contributed by atoms with Gasteiger partial charge in [0.05, 0.1) is 16.1 Å². The van der Waals surface area contributed by atoms with Crippen LogP contribution in [0.1, 0.15) is 16.7 Å². The molecule has 0 radical (unpaired) electrons. The highest BCUT2D eigenvalue weighted by Crippen LogP contribution is 2.37. The van der Waals surface area contributed by atoms with E-state index in [0.717, 1.165) is 23.8 Å². The zero-order chi connectivity index (χ0) is 17.0. The average Bonchev–Trinajstić information content (AvgIpc) is 2.47. The van der Waals surface area contributed by atoms with Gasteiger partial charge in [0.2, 0.25) is 0 Å². The van der Waals surface area contributed by atoms with Gasteiger partial charge >= 0.3 is 6.18 Å². The molecule has 0 heterocycles. The van der Waals surface area contributed by atoms with E-state index in [1.165, 1.54) is 0 Å². The molecule has 2 aromatic carbocycles. The lowest BCUT2D eigenvalue weighted by molar-refractivity contribution is -0.137. The summed E-state index contributed by atoms with van der Waals surface area (Å²) in [5.41, 5.74) is 0.243. The van der Waals surface area contributed by atoms with Gasteiger partial charge in [-0.2, -0.15) is 18.4 Å². The van der Waals surface area contributed by atoms with Gasteiger partial charge in [0.25, 0.3) is 0 Å². The highest BCUT2D eigenvalue weighted by molar-refractivity contribution is 6.31. The first-order valence-corrected chi connectivity index (χ1v) is 6.95. The highest BCUT2D eigenvalue weighted by Gasteiger charge is 2.33. The summed E-state index contributed by atoms with van der Waals surface area (Å²) in [6, 6.07) is 10.1. The van der Waals surface area contributed by atoms with Crippen LogP contribution in [0.25, 0.3) is 0 Å². The Morgan fingerprint density at radius 2 is 1.96 bits per heavy atom. The maximum atomic E-state index is 12.7. The molecule has 0 spiro atoms. The van der Waals surface area contributed by atoms with Crippen LogP contribution >= 0.6 is 11.6 Å². The number of hydrogen-bond donors (Lipinski definition) is 1. The molecular formula is C16H12ClF3N2O. The Hall–Kier alpha value is -2.23. The first-order valence-electron chi connectivity index (χ1n) is 6.57. The summed E-state index contributed by atoms with van der Waals surface area (Å²) in [5, 5.41) is 11.7. The van der Waals surface area contributed by atoms with E-state index in [4.69, 9.17) is 21.6 Å². The molecule has 2 rings (SSSR count). The van der Waals surface area contributed by atoms with Crippen LogP contribution in [0.5, 0.6) is 11.5 Å². The van der Waals surface area contributed by atoms with Gasteiger partial charge in [-0.25, -0.2) is 0 Å². The highest BCUT2D eigenvalue weighted by atomic mass is 35.5. The van der Waals surface area contributed by atoms with Crippen LogP contribution in [0.4, 0.5) is 13.2 Å². The quantitative estimate of drug-likeness (QED) is 0.874. The number of ether oxygens (including phenoxy) is 1. The molecule has 7 heteroatoms. The summed E-state index contributed by atoms with van der Waals surface area (Å²) >= 11 is 5.65. The molecule has 0 amide bonds. The topological polar surface area (TPSA) is 45.0 Å². The monoisotopic (exact) mass is 340 g/mol. The Morgan fingerprint density at radius 3 is 2.52 bits per heavy atom. The lowest BCUT2D eigenvalue weighted by Crippen LogP contribution is -2.06. The van der Waals surface area contributed by atoms with Gasteiger partial charge in [-0.1, -0.05) is 17.7 Å². The molecule has 0 aliphatic carbocycles. The number of nitrogens with one attached hydrogen (secondary N) is 1. The summed E-state index contributed by atoms with van der Waals surface area (Å²) in [6.07, 6.45) is -4.53. The van der Waals surface area contributed by atoms with Crippen LogP contribution in [0.3, 0.4) is 0 Å². The predicted molar refractivity (Wildman–Crippen MR) is 80.4 cm³/mol. The van der Waals surface area contributed by atoms with Crippen LogP contribution in [0, 0.1) is 11.3 Å². The summed E-state index contributed by atoms with van der Waals surface area (Å²) < 4.78 is 43.5. The molecule has 23 heavy (non-hydrogen) atoms. The molecule has 0 bridgehead atoms. The van der Waals surface area contributed by atoms with Crippen molar-refractivity contribution in [1.82, 2.24) is 5.32 Å². The summed E-state index contributed by atoms with van der Waals surface area (Å²) in [7, 11) is 1.78. The number of hydrogen-bond acceptors (Lipinski definition) is 3. The number of alkyl halides is 3. The van der Waals surface area contributed by atoms with E-state index >= 15 is 0 Å². The average molecular weight is 341 g/mol. The first-order chi connectivity index (χ1) is 10.8. The van der Waals surface area contributed by atoms with E-state index < -0.39 is 16.8 Å². The molecule has 0 aliphatic heterocycles. The zero-order valence-corrected chi connectivity index (χ0v) is 12.8. The molecular weight excluding hydrogens is 329 g/mol. The molecule has 1 N–H and O–H groups in total. The standard InChI is InChI=1S/C16H12ClF3N2O/c1-22-9-10-2-5-15(11(6-10)8-21)23-12-3-4-13(14(17)7-12)16(18,19)20/h2-7,22H,9H2,1H3. The number of benzene rings is 2. The van der Waals surface area contributed by atoms with Crippen molar-refractivity contribution in [2.24, 2.45) is 0 Å². The summed E-state index contributed by atoms with van der Waals surface area (Å²) in [5.74, 6) is 0.379. The van der Waals surface area contributed by atoms with E-state index in [0.29, 0.717) is 6.54 Å². The SMILES string of the molecule is CNCc1ccc(Oc2ccc(C(F)(F)F)c(Cl)c2)c(C#N)c1. The molecule has 0 fully saturated rings. The maximum absolute atomic E-state index is 12.7. The molecule has 0 saturated carbocycles. The van der Waals surface area contributed by atoms with E-state index in [1.54, 1.807) is 25.2 Å². The van der Waals surface area contributed by atoms with Crippen LogP contribution in [0.2, 0.25) is 5.02 Å². The third kappa shape index (κ3) is 4.15. The predicted octanol–water partition coefficient (Wildman–Crippen LogP) is 4.74. The van der Waals surface area contributed by atoms with Crippen molar-refractivity contribution in [2.75, 3.05) is 7.05 Å². The van der Waals surface area contributed by atoms with Crippen molar-refractivity contribution in [3.63, 3.8) is 0 Å². The number of nitriles is 1. The fraction of sp³-hybridized carbons (Fsp3) is 0.188. The normalized spacial score (nSPS) is 11.1. The minimum absolute atomic E-state index is 0.126. The molecule has 0 saturated heterocycles. The van der Waals surface area contributed by atoms with Crippen molar-refractivity contribution < 1.29 is 17.9 Å². The Bertz CT molecular complexity index is 754. The summed E-state index contributed by atoms with van der Waals surface area (Å²) in [4.78, 5) is 0. The third-order valence-corrected chi connectivity index (χ3v) is 3.33. The second kappa shape index (κ2) is 6.90. The second-order valence-electron chi connectivity index (χ2n) is 4.71. The smallest absolute Gasteiger partial charge is 0.417 e. The van der Waals surface area contributed by atoms with Gasteiger partial charge in [0.15, 0.2) is 0 Å². The van der Waals surface area contributed by atoms with Gasteiger partial charge < -0.3 is 10.1 Å². The number of nitrogens with zero attached hydrogens (tertiary/aromatic N) is 1. The lowest BCUT2D eigenvalue weighted by Gasteiger charge is -2.12. The Morgan fingerprint density at radius 1 is 1.22 bits per heavy atom. The largest absolute Gasteiger partial charge is 0.456 e.